The number of aliphatic hydroxyl groups is 1. The van der Waals surface area contributed by atoms with Crippen molar-refractivity contribution >= 4 is 12.1 Å². The van der Waals surface area contributed by atoms with Crippen molar-refractivity contribution in [2.45, 2.75) is 45.4 Å². The molecule has 1 amide bonds. The van der Waals surface area contributed by atoms with Crippen molar-refractivity contribution < 1.29 is 33.6 Å². The van der Waals surface area contributed by atoms with Crippen molar-refractivity contribution in [2.24, 2.45) is 0 Å². The molecule has 2 atom stereocenters. The van der Waals surface area contributed by atoms with Gasteiger partial charge in [0.2, 0.25) is 6.79 Å². The van der Waals surface area contributed by atoms with Crippen molar-refractivity contribution in [3.05, 3.63) is 23.8 Å². The fourth-order valence-electron chi connectivity index (χ4n) is 2.33. The maximum absolute atomic E-state index is 12.0. The molecule has 2 rings (SSSR count). The molecule has 25 heavy (non-hydrogen) atoms. The Morgan fingerprint density at radius 1 is 1.28 bits per heavy atom. The van der Waals surface area contributed by atoms with Crippen LogP contribution in [0.2, 0.25) is 0 Å². The SMILES string of the molecule is CC(=O)O[C@@H](c1ccc2c(c1)OCO2)[C@@H](CO)NC(=O)OC(C)(C)C. The van der Waals surface area contributed by atoms with E-state index in [4.69, 9.17) is 18.9 Å². The standard InChI is InChI=1S/C17H23NO7/c1-10(20)24-15(11-5-6-13-14(7-11)23-9-22-13)12(8-19)18-16(21)25-17(2,3)4/h5-7,12,15,19H,8-9H2,1-4H3,(H,18,21)/t12-,15+/m1/s1. The van der Waals surface area contributed by atoms with Gasteiger partial charge in [-0.05, 0) is 38.5 Å². The van der Waals surface area contributed by atoms with E-state index < -0.39 is 36.4 Å². The summed E-state index contributed by atoms with van der Waals surface area (Å²) in [7, 11) is 0. The number of carbonyl (C=O) groups excluding carboxylic acids is 2. The number of amides is 1. The first-order valence-corrected chi connectivity index (χ1v) is 7.87. The maximum Gasteiger partial charge on any atom is 0.408 e. The minimum Gasteiger partial charge on any atom is -0.455 e. The van der Waals surface area contributed by atoms with Crippen LogP contribution in [0.5, 0.6) is 11.5 Å². The number of rotatable bonds is 5. The summed E-state index contributed by atoms with van der Waals surface area (Å²) in [5, 5.41) is 12.2. The van der Waals surface area contributed by atoms with Crippen LogP contribution < -0.4 is 14.8 Å². The van der Waals surface area contributed by atoms with E-state index in [1.807, 2.05) is 0 Å². The van der Waals surface area contributed by atoms with E-state index in [2.05, 4.69) is 5.32 Å². The number of alkyl carbamates (subject to hydrolysis) is 1. The van der Waals surface area contributed by atoms with Crippen LogP contribution in [-0.4, -0.2) is 42.2 Å². The Morgan fingerprint density at radius 2 is 1.96 bits per heavy atom. The predicted octanol–water partition coefficient (Wildman–Crippen LogP) is 1.91. The van der Waals surface area contributed by atoms with Crippen molar-refractivity contribution in [3.8, 4) is 11.5 Å². The highest BCUT2D eigenvalue weighted by Crippen LogP contribution is 2.35. The molecular weight excluding hydrogens is 330 g/mol. The first kappa shape index (κ1) is 18.9. The van der Waals surface area contributed by atoms with Gasteiger partial charge in [-0.15, -0.1) is 0 Å². The molecule has 1 aliphatic rings. The van der Waals surface area contributed by atoms with E-state index >= 15 is 0 Å². The molecule has 8 nitrogen and oxygen atoms in total. The number of benzene rings is 1. The van der Waals surface area contributed by atoms with Gasteiger partial charge >= 0.3 is 12.1 Å². The third-order valence-corrected chi connectivity index (χ3v) is 3.28. The van der Waals surface area contributed by atoms with E-state index in [-0.39, 0.29) is 6.79 Å². The summed E-state index contributed by atoms with van der Waals surface area (Å²) in [5.41, 5.74) is -0.144. The smallest absolute Gasteiger partial charge is 0.408 e. The minimum atomic E-state index is -0.912. The monoisotopic (exact) mass is 353 g/mol. The number of ether oxygens (including phenoxy) is 4. The van der Waals surface area contributed by atoms with Gasteiger partial charge in [0, 0.05) is 6.92 Å². The van der Waals surface area contributed by atoms with Gasteiger partial charge in [0.1, 0.15) is 11.7 Å². The second kappa shape index (κ2) is 7.60. The number of esters is 1. The average Bonchev–Trinajstić information content (AvgIpc) is 2.96. The number of fused-ring (bicyclic) bond motifs is 1. The summed E-state index contributed by atoms with van der Waals surface area (Å²) >= 11 is 0. The first-order valence-electron chi connectivity index (χ1n) is 7.87. The van der Waals surface area contributed by atoms with Crippen LogP contribution >= 0.6 is 0 Å². The molecule has 138 valence electrons. The highest BCUT2D eigenvalue weighted by Gasteiger charge is 2.30. The van der Waals surface area contributed by atoms with E-state index in [0.717, 1.165) is 0 Å². The van der Waals surface area contributed by atoms with Crippen LogP contribution in [0.4, 0.5) is 4.79 Å². The lowest BCUT2D eigenvalue weighted by Crippen LogP contribution is -2.45. The normalized spacial score (nSPS) is 15.2. The molecule has 8 heteroatoms. The van der Waals surface area contributed by atoms with Gasteiger partial charge in [-0.1, -0.05) is 6.07 Å². The van der Waals surface area contributed by atoms with Crippen molar-refractivity contribution in [2.75, 3.05) is 13.4 Å². The van der Waals surface area contributed by atoms with Gasteiger partial charge in [0.15, 0.2) is 11.5 Å². The second-order valence-corrected chi connectivity index (χ2v) is 6.58. The van der Waals surface area contributed by atoms with Gasteiger partial charge < -0.3 is 29.4 Å². The Balaban J connectivity index is 2.22. The van der Waals surface area contributed by atoms with Crippen LogP contribution in [0, 0.1) is 0 Å². The third-order valence-electron chi connectivity index (χ3n) is 3.28. The molecule has 0 aliphatic carbocycles. The predicted molar refractivity (Wildman–Crippen MR) is 87.3 cm³/mol. The molecule has 1 aromatic rings. The van der Waals surface area contributed by atoms with Crippen molar-refractivity contribution in [1.29, 1.82) is 0 Å². The Hall–Kier alpha value is -2.48. The minimum absolute atomic E-state index is 0.108. The number of aliphatic hydroxyl groups excluding tert-OH is 1. The molecular formula is C17H23NO7. The summed E-state index contributed by atoms with van der Waals surface area (Å²) in [4.78, 5) is 23.5. The molecule has 1 aromatic carbocycles. The summed E-state index contributed by atoms with van der Waals surface area (Å²) in [6, 6.07) is 4.12. The van der Waals surface area contributed by atoms with Gasteiger partial charge in [-0.25, -0.2) is 4.79 Å². The van der Waals surface area contributed by atoms with Crippen molar-refractivity contribution in [1.82, 2.24) is 5.32 Å². The largest absolute Gasteiger partial charge is 0.455 e. The van der Waals surface area contributed by atoms with E-state index in [0.29, 0.717) is 17.1 Å². The van der Waals surface area contributed by atoms with Gasteiger partial charge in [0.25, 0.3) is 0 Å². The van der Waals surface area contributed by atoms with Gasteiger partial charge in [0.05, 0.1) is 12.6 Å². The Bertz CT molecular complexity index is 638. The molecule has 0 saturated heterocycles. The molecule has 0 aromatic heterocycles. The Labute approximate surface area is 146 Å². The highest BCUT2D eigenvalue weighted by atomic mass is 16.7. The van der Waals surface area contributed by atoms with Crippen LogP contribution in [0.1, 0.15) is 39.4 Å². The molecule has 2 N–H and O–H groups in total. The van der Waals surface area contributed by atoms with Gasteiger partial charge in [-0.2, -0.15) is 0 Å². The average molecular weight is 353 g/mol. The molecule has 1 aliphatic heterocycles. The molecule has 0 fully saturated rings. The Kier molecular flexibility index (Phi) is 5.73. The zero-order chi connectivity index (χ0) is 18.6. The highest BCUT2D eigenvalue weighted by molar-refractivity contribution is 5.69. The summed E-state index contributed by atoms with van der Waals surface area (Å²) in [5.74, 6) is 0.529. The number of nitrogens with one attached hydrogen (secondary N) is 1. The van der Waals surface area contributed by atoms with Crippen molar-refractivity contribution in [3.63, 3.8) is 0 Å². The quantitative estimate of drug-likeness (QED) is 0.779. The van der Waals surface area contributed by atoms with Crippen LogP contribution in [0.25, 0.3) is 0 Å². The number of carbonyl (C=O) groups is 2. The van der Waals surface area contributed by atoms with Crippen LogP contribution in [0.15, 0.2) is 18.2 Å². The number of hydrogen-bond acceptors (Lipinski definition) is 7. The van der Waals surface area contributed by atoms with E-state index in [1.54, 1.807) is 39.0 Å². The molecule has 1 heterocycles. The maximum atomic E-state index is 12.0. The Morgan fingerprint density at radius 3 is 2.56 bits per heavy atom. The molecule has 0 saturated carbocycles. The van der Waals surface area contributed by atoms with Gasteiger partial charge in [-0.3, -0.25) is 4.79 Å². The number of hydrogen-bond donors (Lipinski definition) is 2. The molecule has 0 radical (unpaired) electrons. The second-order valence-electron chi connectivity index (χ2n) is 6.58. The topological polar surface area (TPSA) is 103 Å². The fourth-order valence-corrected chi connectivity index (χ4v) is 2.33. The summed E-state index contributed by atoms with van der Waals surface area (Å²) < 4.78 is 21.1. The third kappa shape index (κ3) is 5.25. The summed E-state index contributed by atoms with van der Waals surface area (Å²) in [6.45, 7) is 6.08. The molecule has 0 unspecified atom stereocenters. The lowest BCUT2D eigenvalue weighted by atomic mass is 10.0. The van der Waals surface area contributed by atoms with E-state index in [9.17, 15) is 14.7 Å². The van der Waals surface area contributed by atoms with Crippen LogP contribution in [0.3, 0.4) is 0 Å². The summed E-state index contributed by atoms with van der Waals surface area (Å²) in [6.07, 6.45) is -1.63. The zero-order valence-electron chi connectivity index (χ0n) is 14.7. The van der Waals surface area contributed by atoms with E-state index in [1.165, 1.54) is 6.92 Å². The lowest BCUT2D eigenvalue weighted by molar-refractivity contribution is -0.149. The molecule has 0 spiro atoms. The lowest BCUT2D eigenvalue weighted by Gasteiger charge is -2.28. The van der Waals surface area contributed by atoms with Crippen LogP contribution in [-0.2, 0) is 14.3 Å². The molecule has 0 bridgehead atoms. The fraction of sp³-hybridized carbons (Fsp3) is 0.529. The zero-order valence-corrected chi connectivity index (χ0v) is 14.7. The first-order chi connectivity index (χ1) is 11.7.